The Balaban J connectivity index is 1.73. The highest BCUT2D eigenvalue weighted by Crippen LogP contribution is 2.40. The van der Waals surface area contributed by atoms with Gasteiger partial charge in [-0.05, 0) is 23.0 Å². The van der Waals surface area contributed by atoms with Gasteiger partial charge in [-0.25, -0.2) is 4.98 Å². The van der Waals surface area contributed by atoms with E-state index < -0.39 is 17.7 Å². The molecule has 2 heterocycles. The molecule has 2 aromatic carbocycles. The monoisotopic (exact) mass is 443 g/mol. The summed E-state index contributed by atoms with van der Waals surface area (Å²) in [5.41, 5.74) is 2.60. The lowest BCUT2D eigenvalue weighted by Gasteiger charge is -2.26. The molecule has 1 unspecified atom stereocenters. The summed E-state index contributed by atoms with van der Waals surface area (Å²) < 4.78 is 1.94. The summed E-state index contributed by atoms with van der Waals surface area (Å²) in [7, 11) is 0. The van der Waals surface area contributed by atoms with Gasteiger partial charge in [0.15, 0.2) is 0 Å². The maximum atomic E-state index is 13.1. The van der Waals surface area contributed by atoms with Gasteiger partial charge in [0, 0.05) is 31.0 Å². The molecule has 33 heavy (non-hydrogen) atoms. The van der Waals surface area contributed by atoms with Crippen LogP contribution >= 0.6 is 0 Å². The molecule has 0 bridgehead atoms. The zero-order valence-electron chi connectivity index (χ0n) is 19.2. The van der Waals surface area contributed by atoms with Crippen molar-refractivity contribution in [3.05, 3.63) is 95.6 Å². The number of amides is 1. The van der Waals surface area contributed by atoms with Gasteiger partial charge in [-0.15, -0.1) is 0 Å². The number of ketones is 1. The average Bonchev–Trinajstić information content (AvgIpc) is 3.41. The molecule has 0 radical (unpaired) electrons. The van der Waals surface area contributed by atoms with Crippen molar-refractivity contribution in [2.24, 2.45) is 0 Å². The molecule has 3 aromatic rings. The number of rotatable bonds is 6. The van der Waals surface area contributed by atoms with E-state index in [1.807, 2.05) is 41.1 Å². The number of hydrogen-bond acceptors (Lipinski definition) is 4. The van der Waals surface area contributed by atoms with Gasteiger partial charge >= 0.3 is 0 Å². The number of imidazole rings is 1. The van der Waals surface area contributed by atoms with Crippen molar-refractivity contribution in [3.63, 3.8) is 0 Å². The summed E-state index contributed by atoms with van der Waals surface area (Å²) >= 11 is 0. The molecule has 1 atom stereocenters. The molecule has 170 valence electrons. The third kappa shape index (κ3) is 4.60. The second kappa shape index (κ2) is 9.06. The van der Waals surface area contributed by atoms with Crippen LogP contribution in [-0.2, 0) is 21.5 Å². The van der Waals surface area contributed by atoms with Crippen LogP contribution in [0.3, 0.4) is 0 Å². The normalized spacial score (nSPS) is 18.2. The van der Waals surface area contributed by atoms with Crippen molar-refractivity contribution in [1.29, 1.82) is 0 Å². The zero-order valence-corrected chi connectivity index (χ0v) is 19.2. The first-order valence-corrected chi connectivity index (χ1v) is 11.2. The molecule has 0 saturated carbocycles. The van der Waals surface area contributed by atoms with Gasteiger partial charge in [-0.1, -0.05) is 75.4 Å². The minimum atomic E-state index is -0.649. The minimum absolute atomic E-state index is 0.0187. The lowest BCUT2D eigenvalue weighted by Crippen LogP contribution is -2.31. The van der Waals surface area contributed by atoms with Crippen molar-refractivity contribution >= 4 is 17.4 Å². The number of carbonyl (C=O) groups is 2. The Labute approximate surface area is 194 Å². The lowest BCUT2D eigenvalue weighted by atomic mass is 9.85. The molecule has 0 aliphatic carbocycles. The van der Waals surface area contributed by atoms with Gasteiger partial charge in [-0.2, -0.15) is 0 Å². The van der Waals surface area contributed by atoms with E-state index in [4.69, 9.17) is 0 Å². The van der Waals surface area contributed by atoms with Crippen molar-refractivity contribution in [2.45, 2.75) is 45.2 Å². The Morgan fingerprint density at radius 2 is 1.70 bits per heavy atom. The first kappa shape index (κ1) is 22.5. The first-order chi connectivity index (χ1) is 15.8. The number of benzene rings is 2. The number of hydrogen-bond donors (Lipinski definition) is 1. The molecular formula is C27H29N3O3. The van der Waals surface area contributed by atoms with E-state index in [1.54, 1.807) is 41.7 Å². The van der Waals surface area contributed by atoms with Crippen LogP contribution in [-0.4, -0.2) is 37.8 Å². The van der Waals surface area contributed by atoms with E-state index in [0.717, 1.165) is 11.1 Å². The third-order valence-corrected chi connectivity index (χ3v) is 6.05. The summed E-state index contributed by atoms with van der Waals surface area (Å²) in [6.07, 6.45) is 5.96. The number of aromatic nitrogens is 2. The fourth-order valence-electron chi connectivity index (χ4n) is 4.22. The predicted molar refractivity (Wildman–Crippen MR) is 127 cm³/mol. The van der Waals surface area contributed by atoms with Gasteiger partial charge in [0.25, 0.3) is 11.7 Å². The molecule has 1 saturated heterocycles. The zero-order chi connectivity index (χ0) is 23.6. The second-order valence-electron chi connectivity index (χ2n) is 9.38. The largest absolute Gasteiger partial charge is 0.507 e. The number of aryl methyl sites for hydroxylation is 1. The highest BCUT2D eigenvalue weighted by molar-refractivity contribution is 6.46. The fourth-order valence-corrected chi connectivity index (χ4v) is 4.22. The Bertz CT molecular complexity index is 1160. The van der Waals surface area contributed by atoms with Gasteiger partial charge in [-0.3, -0.25) is 9.59 Å². The average molecular weight is 444 g/mol. The molecule has 1 N–H and O–H groups in total. The third-order valence-electron chi connectivity index (χ3n) is 6.05. The van der Waals surface area contributed by atoms with Crippen LogP contribution < -0.4 is 0 Å². The summed E-state index contributed by atoms with van der Waals surface area (Å²) in [6.45, 7) is 7.48. The Hall–Kier alpha value is -3.67. The summed E-state index contributed by atoms with van der Waals surface area (Å²) in [4.78, 5) is 31.8. The molecule has 1 fully saturated rings. The van der Waals surface area contributed by atoms with Crippen molar-refractivity contribution in [3.8, 4) is 0 Å². The molecule has 6 heteroatoms. The number of Topliss-reactive ketones (excluding diaryl/α,β-unsaturated/α-hetero) is 1. The SMILES string of the molecule is CC(C)(C)c1ccc(C2/C(=C(\O)c3ccccc3)C(=O)C(=O)N2CCCn2ccnc2)cc1. The van der Waals surface area contributed by atoms with E-state index >= 15 is 0 Å². The summed E-state index contributed by atoms with van der Waals surface area (Å²) in [5.74, 6) is -1.37. The Morgan fingerprint density at radius 3 is 2.30 bits per heavy atom. The number of carbonyl (C=O) groups excluding carboxylic acids is 2. The van der Waals surface area contributed by atoms with Crippen LogP contribution in [0.4, 0.5) is 0 Å². The standard InChI is InChI=1S/C27H29N3O3/c1-27(2,3)21-12-10-19(11-13-21)23-22(24(31)20-8-5-4-6-9-20)25(32)26(33)30(23)16-7-15-29-17-14-28-18-29/h4-6,8-14,17-18,23,31H,7,15-16H2,1-3H3/b24-22+. The molecule has 1 amide bonds. The van der Waals surface area contributed by atoms with E-state index in [0.29, 0.717) is 25.1 Å². The van der Waals surface area contributed by atoms with Crippen LogP contribution in [0.25, 0.3) is 5.76 Å². The maximum Gasteiger partial charge on any atom is 0.295 e. The van der Waals surface area contributed by atoms with Gasteiger partial charge in [0.05, 0.1) is 17.9 Å². The lowest BCUT2D eigenvalue weighted by molar-refractivity contribution is -0.139. The molecule has 1 aliphatic heterocycles. The predicted octanol–water partition coefficient (Wildman–Crippen LogP) is 4.69. The van der Waals surface area contributed by atoms with E-state index in [1.165, 1.54) is 0 Å². The quantitative estimate of drug-likeness (QED) is 0.341. The number of likely N-dealkylation sites (tertiary alicyclic amines) is 1. The Kier molecular flexibility index (Phi) is 6.18. The molecule has 0 spiro atoms. The topological polar surface area (TPSA) is 75.4 Å². The highest BCUT2D eigenvalue weighted by Gasteiger charge is 2.45. The Morgan fingerprint density at radius 1 is 1.00 bits per heavy atom. The van der Waals surface area contributed by atoms with E-state index in [2.05, 4.69) is 25.8 Å². The van der Waals surface area contributed by atoms with E-state index in [9.17, 15) is 14.7 Å². The molecule has 4 rings (SSSR count). The van der Waals surface area contributed by atoms with E-state index in [-0.39, 0.29) is 16.7 Å². The number of aliphatic hydroxyl groups excluding tert-OH is 1. The molecule has 1 aliphatic rings. The van der Waals surface area contributed by atoms with Crippen LogP contribution in [0, 0.1) is 0 Å². The van der Waals surface area contributed by atoms with Crippen LogP contribution in [0.2, 0.25) is 0 Å². The van der Waals surface area contributed by atoms with Crippen molar-refractivity contribution < 1.29 is 14.7 Å². The fraction of sp³-hybridized carbons (Fsp3) is 0.296. The van der Waals surface area contributed by atoms with Crippen LogP contribution in [0.5, 0.6) is 0 Å². The number of nitrogens with zero attached hydrogens (tertiary/aromatic N) is 3. The minimum Gasteiger partial charge on any atom is -0.507 e. The van der Waals surface area contributed by atoms with Gasteiger partial charge in [0.1, 0.15) is 5.76 Å². The second-order valence-corrected chi connectivity index (χ2v) is 9.38. The highest BCUT2D eigenvalue weighted by atomic mass is 16.3. The smallest absolute Gasteiger partial charge is 0.295 e. The summed E-state index contributed by atoms with van der Waals surface area (Å²) in [5, 5.41) is 11.1. The van der Waals surface area contributed by atoms with Crippen LogP contribution in [0.15, 0.2) is 78.9 Å². The molecular weight excluding hydrogens is 414 g/mol. The van der Waals surface area contributed by atoms with Crippen LogP contribution in [0.1, 0.15) is 49.9 Å². The maximum absolute atomic E-state index is 13.1. The van der Waals surface area contributed by atoms with Crippen molar-refractivity contribution in [2.75, 3.05) is 6.54 Å². The van der Waals surface area contributed by atoms with Gasteiger partial charge in [0.2, 0.25) is 0 Å². The molecule has 6 nitrogen and oxygen atoms in total. The first-order valence-electron chi connectivity index (χ1n) is 11.2. The summed E-state index contributed by atoms with van der Waals surface area (Å²) in [6, 6.07) is 16.2. The van der Waals surface area contributed by atoms with Crippen molar-refractivity contribution in [1.82, 2.24) is 14.5 Å². The van der Waals surface area contributed by atoms with Gasteiger partial charge < -0.3 is 14.6 Å². The number of aliphatic hydroxyl groups is 1. The molecule has 1 aromatic heterocycles.